The van der Waals surface area contributed by atoms with Gasteiger partial charge in [-0.2, -0.15) is 0 Å². The zero-order valence-electron chi connectivity index (χ0n) is 11.5. The van der Waals surface area contributed by atoms with Gasteiger partial charge in [0.2, 0.25) is 0 Å². The summed E-state index contributed by atoms with van der Waals surface area (Å²) in [4.78, 5) is 2.44. The van der Waals surface area contributed by atoms with Crippen LogP contribution in [0.3, 0.4) is 0 Å². The molecule has 0 spiro atoms. The van der Waals surface area contributed by atoms with Crippen molar-refractivity contribution in [3.8, 4) is 11.5 Å². The molecule has 1 aromatic carbocycles. The maximum absolute atomic E-state index is 6.62. The molecular weight excluding hydrogens is 280 g/mol. The van der Waals surface area contributed by atoms with Crippen molar-refractivity contribution < 1.29 is 9.47 Å². The molecule has 0 saturated carbocycles. The summed E-state index contributed by atoms with van der Waals surface area (Å²) in [6, 6.07) is 7.89. The van der Waals surface area contributed by atoms with Crippen LogP contribution in [0, 0.1) is 13.8 Å². The lowest BCUT2D eigenvalue weighted by Gasteiger charge is -2.15. The lowest BCUT2D eigenvalue weighted by molar-refractivity contribution is 0.391. The van der Waals surface area contributed by atoms with Crippen molar-refractivity contribution >= 4 is 22.9 Å². The highest BCUT2D eigenvalue weighted by Crippen LogP contribution is 2.41. The van der Waals surface area contributed by atoms with Gasteiger partial charge in [0, 0.05) is 21.4 Å². The topological polar surface area (TPSA) is 18.5 Å². The number of hydrogen-bond donors (Lipinski definition) is 0. The first kappa shape index (κ1) is 14.2. The van der Waals surface area contributed by atoms with Gasteiger partial charge < -0.3 is 9.47 Å². The molecule has 2 aromatic rings. The van der Waals surface area contributed by atoms with Gasteiger partial charge in [0.05, 0.1) is 19.6 Å². The van der Waals surface area contributed by atoms with Crippen LogP contribution in [0.2, 0.25) is 0 Å². The normalized spacial score (nSPS) is 12.3. The summed E-state index contributed by atoms with van der Waals surface area (Å²) in [5, 5.41) is -0.195. The summed E-state index contributed by atoms with van der Waals surface area (Å²) in [6.07, 6.45) is 0. The number of hydrogen-bond acceptors (Lipinski definition) is 3. The molecule has 0 aliphatic carbocycles. The van der Waals surface area contributed by atoms with Crippen LogP contribution >= 0.6 is 22.9 Å². The molecule has 4 heteroatoms. The first-order valence-corrected chi connectivity index (χ1v) is 7.25. The Balaban J connectivity index is 2.43. The standard InChI is InChI=1S/C15H17ClO2S/c1-9-7-10(2)19-15(9)14(16)12-6-5-11(17-3)8-13(12)18-4/h5-8,14H,1-4H3. The predicted octanol–water partition coefficient (Wildman–Crippen LogP) is 4.71. The Morgan fingerprint density at radius 3 is 2.37 bits per heavy atom. The molecule has 102 valence electrons. The fourth-order valence-corrected chi connectivity index (χ4v) is 3.60. The number of aryl methyl sites for hydroxylation is 2. The Kier molecular flexibility index (Phi) is 4.38. The van der Waals surface area contributed by atoms with Crippen LogP contribution in [0.5, 0.6) is 11.5 Å². The van der Waals surface area contributed by atoms with Gasteiger partial charge in [-0.05, 0) is 37.6 Å². The van der Waals surface area contributed by atoms with Gasteiger partial charge in [-0.15, -0.1) is 22.9 Å². The quantitative estimate of drug-likeness (QED) is 0.761. The van der Waals surface area contributed by atoms with Crippen molar-refractivity contribution in [2.75, 3.05) is 14.2 Å². The highest BCUT2D eigenvalue weighted by atomic mass is 35.5. The van der Waals surface area contributed by atoms with Crippen molar-refractivity contribution in [2.45, 2.75) is 19.2 Å². The van der Waals surface area contributed by atoms with E-state index in [2.05, 4.69) is 19.9 Å². The second kappa shape index (κ2) is 5.85. The molecule has 0 bridgehead atoms. The van der Waals surface area contributed by atoms with Crippen LogP contribution in [0.25, 0.3) is 0 Å². The molecular formula is C15H17ClO2S. The zero-order valence-corrected chi connectivity index (χ0v) is 13.1. The van der Waals surface area contributed by atoms with Crippen LogP contribution in [-0.2, 0) is 0 Å². The Morgan fingerprint density at radius 2 is 1.84 bits per heavy atom. The zero-order chi connectivity index (χ0) is 14.0. The SMILES string of the molecule is COc1ccc(C(Cl)c2sc(C)cc2C)c(OC)c1. The van der Waals surface area contributed by atoms with E-state index in [1.165, 1.54) is 15.3 Å². The third-order valence-electron chi connectivity index (χ3n) is 3.02. The van der Waals surface area contributed by atoms with Gasteiger partial charge in [0.25, 0.3) is 0 Å². The van der Waals surface area contributed by atoms with Crippen molar-refractivity contribution in [3.05, 3.63) is 45.1 Å². The van der Waals surface area contributed by atoms with E-state index in [-0.39, 0.29) is 5.38 Å². The van der Waals surface area contributed by atoms with E-state index in [9.17, 15) is 0 Å². The minimum Gasteiger partial charge on any atom is -0.497 e. The van der Waals surface area contributed by atoms with Crippen LogP contribution in [0.15, 0.2) is 24.3 Å². The Bertz CT molecular complexity index is 578. The van der Waals surface area contributed by atoms with E-state index in [0.29, 0.717) is 0 Å². The fraction of sp³-hybridized carbons (Fsp3) is 0.333. The summed E-state index contributed by atoms with van der Waals surface area (Å²) < 4.78 is 10.6. The summed E-state index contributed by atoms with van der Waals surface area (Å²) >= 11 is 8.35. The lowest BCUT2D eigenvalue weighted by atomic mass is 10.1. The minimum absolute atomic E-state index is 0.195. The van der Waals surface area contributed by atoms with E-state index in [0.717, 1.165) is 17.1 Å². The third kappa shape index (κ3) is 2.88. The number of halogens is 1. The Morgan fingerprint density at radius 1 is 1.11 bits per heavy atom. The summed E-state index contributed by atoms with van der Waals surface area (Å²) in [7, 11) is 3.29. The molecule has 1 unspecified atom stereocenters. The molecule has 0 aliphatic heterocycles. The highest BCUT2D eigenvalue weighted by Gasteiger charge is 2.20. The van der Waals surface area contributed by atoms with E-state index in [1.807, 2.05) is 18.2 Å². The molecule has 1 aromatic heterocycles. The number of methoxy groups -OCH3 is 2. The first-order valence-electron chi connectivity index (χ1n) is 5.99. The van der Waals surface area contributed by atoms with Crippen molar-refractivity contribution in [2.24, 2.45) is 0 Å². The van der Waals surface area contributed by atoms with Crippen LogP contribution < -0.4 is 9.47 Å². The summed E-state index contributed by atoms with van der Waals surface area (Å²) in [5.74, 6) is 1.52. The smallest absolute Gasteiger partial charge is 0.127 e. The molecule has 1 atom stereocenters. The maximum atomic E-state index is 6.62. The van der Waals surface area contributed by atoms with E-state index >= 15 is 0 Å². The van der Waals surface area contributed by atoms with Crippen LogP contribution in [0.1, 0.15) is 26.3 Å². The van der Waals surface area contributed by atoms with Crippen molar-refractivity contribution in [1.29, 1.82) is 0 Å². The van der Waals surface area contributed by atoms with Crippen molar-refractivity contribution in [3.63, 3.8) is 0 Å². The molecule has 0 fully saturated rings. The second-order valence-electron chi connectivity index (χ2n) is 4.37. The third-order valence-corrected chi connectivity index (χ3v) is 4.82. The summed E-state index contributed by atoms with van der Waals surface area (Å²) in [5.41, 5.74) is 2.19. The molecule has 0 aliphatic rings. The number of ether oxygens (including phenoxy) is 2. The first-order chi connectivity index (χ1) is 9.06. The molecule has 0 radical (unpaired) electrons. The van der Waals surface area contributed by atoms with Crippen LogP contribution in [0.4, 0.5) is 0 Å². The molecule has 0 saturated heterocycles. The number of alkyl halides is 1. The van der Waals surface area contributed by atoms with Crippen LogP contribution in [-0.4, -0.2) is 14.2 Å². The molecule has 1 heterocycles. The number of rotatable bonds is 4. The monoisotopic (exact) mass is 296 g/mol. The van der Waals surface area contributed by atoms with Gasteiger partial charge >= 0.3 is 0 Å². The average Bonchev–Trinajstić information content (AvgIpc) is 2.76. The molecule has 2 rings (SSSR count). The minimum atomic E-state index is -0.195. The molecule has 0 N–H and O–H groups in total. The Labute approximate surface area is 122 Å². The van der Waals surface area contributed by atoms with Gasteiger partial charge in [-0.3, -0.25) is 0 Å². The van der Waals surface area contributed by atoms with E-state index in [4.69, 9.17) is 21.1 Å². The number of benzene rings is 1. The summed E-state index contributed by atoms with van der Waals surface area (Å²) in [6.45, 7) is 4.18. The van der Waals surface area contributed by atoms with E-state index < -0.39 is 0 Å². The Hall–Kier alpha value is -1.19. The van der Waals surface area contributed by atoms with Gasteiger partial charge in [-0.1, -0.05) is 0 Å². The molecule has 2 nitrogen and oxygen atoms in total. The fourth-order valence-electron chi connectivity index (χ4n) is 2.08. The van der Waals surface area contributed by atoms with Gasteiger partial charge in [-0.25, -0.2) is 0 Å². The lowest BCUT2D eigenvalue weighted by Crippen LogP contribution is -1.97. The van der Waals surface area contributed by atoms with Crippen molar-refractivity contribution in [1.82, 2.24) is 0 Å². The van der Waals surface area contributed by atoms with Gasteiger partial charge in [0.1, 0.15) is 11.5 Å². The predicted molar refractivity (Wildman–Crippen MR) is 81.0 cm³/mol. The average molecular weight is 297 g/mol. The highest BCUT2D eigenvalue weighted by molar-refractivity contribution is 7.12. The van der Waals surface area contributed by atoms with E-state index in [1.54, 1.807) is 25.6 Å². The largest absolute Gasteiger partial charge is 0.497 e. The maximum Gasteiger partial charge on any atom is 0.127 e. The van der Waals surface area contributed by atoms with Gasteiger partial charge in [0.15, 0.2) is 0 Å². The molecule has 0 amide bonds. The number of thiophene rings is 1. The second-order valence-corrected chi connectivity index (χ2v) is 6.10. The molecule has 19 heavy (non-hydrogen) atoms.